The number of rotatable bonds is 5. The van der Waals surface area contributed by atoms with Crippen LogP contribution in [0.25, 0.3) is 0 Å². The molecule has 0 aromatic carbocycles. The monoisotopic (exact) mass is 344 g/mol. The highest BCUT2D eigenvalue weighted by Gasteiger charge is 2.31. The summed E-state index contributed by atoms with van der Waals surface area (Å²) in [6.07, 6.45) is 9.05. The second kappa shape index (κ2) is 8.77. The van der Waals surface area contributed by atoms with Gasteiger partial charge in [0.1, 0.15) is 0 Å². The van der Waals surface area contributed by atoms with Crippen LogP contribution in [-0.2, 0) is 11.2 Å². The summed E-state index contributed by atoms with van der Waals surface area (Å²) in [6.45, 7) is 3.19. The zero-order valence-electron chi connectivity index (χ0n) is 15.4. The van der Waals surface area contributed by atoms with E-state index >= 15 is 0 Å². The van der Waals surface area contributed by atoms with Crippen LogP contribution in [0.3, 0.4) is 0 Å². The van der Waals surface area contributed by atoms with E-state index in [2.05, 4.69) is 16.0 Å². The predicted molar refractivity (Wildman–Crippen MR) is 100 cm³/mol. The molecule has 2 heterocycles. The summed E-state index contributed by atoms with van der Waals surface area (Å²) < 4.78 is 0. The number of piperidine rings is 1. The zero-order chi connectivity index (χ0) is 17.6. The van der Waals surface area contributed by atoms with Gasteiger partial charge in [-0.15, -0.1) is 0 Å². The standard InChI is InChI=1S/C20H32N4O/c1-23(20(25)16-5-4-6-17(21)15-16)19-9-13-24(14-10-19)12-8-18-7-2-3-11-22-18/h2-3,7,11,16-17,19H,4-6,8-10,12-15,21H2,1H3. The summed E-state index contributed by atoms with van der Waals surface area (Å²) in [5.74, 6) is 0.470. The minimum Gasteiger partial charge on any atom is -0.342 e. The predicted octanol–water partition coefficient (Wildman–Crippen LogP) is 2.06. The number of likely N-dealkylation sites (tertiary alicyclic amines) is 1. The Bertz CT molecular complexity index is 542. The summed E-state index contributed by atoms with van der Waals surface area (Å²) in [6, 6.07) is 6.70. The molecule has 5 heteroatoms. The molecular weight excluding hydrogens is 312 g/mol. The second-order valence-electron chi connectivity index (χ2n) is 7.72. The average molecular weight is 345 g/mol. The van der Waals surface area contributed by atoms with Crippen molar-refractivity contribution < 1.29 is 4.79 Å². The number of aromatic nitrogens is 1. The van der Waals surface area contributed by atoms with Crippen molar-refractivity contribution in [2.75, 3.05) is 26.7 Å². The smallest absolute Gasteiger partial charge is 0.225 e. The van der Waals surface area contributed by atoms with E-state index < -0.39 is 0 Å². The second-order valence-corrected chi connectivity index (χ2v) is 7.72. The number of carbonyl (C=O) groups is 1. The summed E-state index contributed by atoms with van der Waals surface area (Å²) in [7, 11) is 2.00. The fourth-order valence-electron chi connectivity index (χ4n) is 4.27. The highest BCUT2D eigenvalue weighted by molar-refractivity contribution is 5.79. The number of hydrogen-bond acceptors (Lipinski definition) is 4. The van der Waals surface area contributed by atoms with E-state index in [1.165, 1.54) is 0 Å². The third-order valence-electron chi connectivity index (χ3n) is 5.93. The van der Waals surface area contributed by atoms with Crippen LogP contribution in [0.4, 0.5) is 0 Å². The normalized spacial score (nSPS) is 25.7. The van der Waals surface area contributed by atoms with Crippen LogP contribution in [-0.4, -0.2) is 59.5 Å². The molecule has 1 aliphatic carbocycles. The van der Waals surface area contributed by atoms with Crippen LogP contribution in [0.15, 0.2) is 24.4 Å². The molecule has 1 amide bonds. The number of nitrogens with two attached hydrogens (primary N) is 1. The van der Waals surface area contributed by atoms with E-state index in [4.69, 9.17) is 5.73 Å². The summed E-state index contributed by atoms with van der Waals surface area (Å²) in [4.78, 5) is 21.7. The van der Waals surface area contributed by atoms with Crippen molar-refractivity contribution in [2.45, 2.75) is 57.0 Å². The Morgan fingerprint density at radius 3 is 2.76 bits per heavy atom. The number of amides is 1. The SMILES string of the molecule is CN(C(=O)C1CCCC(N)C1)C1CCN(CCc2ccccn2)CC1. The largest absolute Gasteiger partial charge is 0.342 e. The van der Waals surface area contributed by atoms with Crippen molar-refractivity contribution in [1.29, 1.82) is 0 Å². The Morgan fingerprint density at radius 1 is 1.28 bits per heavy atom. The number of carbonyl (C=O) groups excluding carboxylic acids is 1. The summed E-state index contributed by atoms with van der Waals surface area (Å²) in [5.41, 5.74) is 7.22. The van der Waals surface area contributed by atoms with E-state index in [1.807, 2.05) is 30.3 Å². The highest BCUT2D eigenvalue weighted by Crippen LogP contribution is 2.26. The number of pyridine rings is 1. The van der Waals surface area contributed by atoms with Gasteiger partial charge < -0.3 is 15.5 Å². The van der Waals surface area contributed by atoms with Gasteiger partial charge in [0.05, 0.1) is 0 Å². The summed E-state index contributed by atoms with van der Waals surface area (Å²) >= 11 is 0. The van der Waals surface area contributed by atoms with Crippen molar-refractivity contribution >= 4 is 5.91 Å². The maximum absolute atomic E-state index is 12.8. The van der Waals surface area contributed by atoms with Crippen LogP contribution >= 0.6 is 0 Å². The third kappa shape index (κ3) is 5.02. The molecule has 2 unspecified atom stereocenters. The van der Waals surface area contributed by atoms with E-state index in [0.717, 1.165) is 70.3 Å². The molecule has 2 atom stereocenters. The zero-order valence-corrected chi connectivity index (χ0v) is 15.4. The molecule has 1 aromatic heterocycles. The Kier molecular flexibility index (Phi) is 6.43. The lowest BCUT2D eigenvalue weighted by Gasteiger charge is -2.39. The van der Waals surface area contributed by atoms with Gasteiger partial charge in [-0.25, -0.2) is 0 Å². The fraction of sp³-hybridized carbons (Fsp3) is 0.700. The molecule has 1 aromatic rings. The molecule has 138 valence electrons. The van der Waals surface area contributed by atoms with Crippen molar-refractivity contribution in [2.24, 2.45) is 11.7 Å². The van der Waals surface area contributed by atoms with Crippen LogP contribution in [0, 0.1) is 5.92 Å². The quantitative estimate of drug-likeness (QED) is 0.888. The topological polar surface area (TPSA) is 62.5 Å². The first-order valence-corrected chi connectivity index (χ1v) is 9.78. The van der Waals surface area contributed by atoms with Gasteiger partial charge in [0.25, 0.3) is 0 Å². The molecule has 1 aliphatic heterocycles. The van der Waals surface area contributed by atoms with Gasteiger partial charge >= 0.3 is 0 Å². The van der Waals surface area contributed by atoms with Crippen LogP contribution in [0.1, 0.15) is 44.2 Å². The van der Waals surface area contributed by atoms with Crippen molar-refractivity contribution in [3.63, 3.8) is 0 Å². The molecule has 25 heavy (non-hydrogen) atoms. The van der Waals surface area contributed by atoms with E-state index in [-0.39, 0.29) is 12.0 Å². The molecule has 0 radical (unpaired) electrons. The molecule has 1 saturated carbocycles. The lowest BCUT2D eigenvalue weighted by atomic mass is 9.85. The van der Waals surface area contributed by atoms with Crippen molar-refractivity contribution in [3.05, 3.63) is 30.1 Å². The maximum Gasteiger partial charge on any atom is 0.225 e. The van der Waals surface area contributed by atoms with Gasteiger partial charge in [-0.2, -0.15) is 0 Å². The lowest BCUT2D eigenvalue weighted by molar-refractivity contribution is -0.138. The van der Waals surface area contributed by atoms with E-state index in [1.54, 1.807) is 0 Å². The first kappa shape index (κ1) is 18.3. The molecule has 0 spiro atoms. The molecule has 1 saturated heterocycles. The van der Waals surface area contributed by atoms with Gasteiger partial charge in [-0.3, -0.25) is 9.78 Å². The van der Waals surface area contributed by atoms with E-state index in [9.17, 15) is 4.79 Å². The van der Waals surface area contributed by atoms with Gasteiger partial charge in [0.15, 0.2) is 0 Å². The molecule has 2 aliphatic rings. The number of hydrogen-bond donors (Lipinski definition) is 1. The first-order chi connectivity index (χ1) is 12.1. The van der Waals surface area contributed by atoms with E-state index in [0.29, 0.717) is 11.9 Å². The Hall–Kier alpha value is -1.46. The number of nitrogens with zero attached hydrogens (tertiary/aromatic N) is 3. The van der Waals surface area contributed by atoms with Crippen LogP contribution in [0.5, 0.6) is 0 Å². The van der Waals surface area contributed by atoms with Gasteiger partial charge in [0, 0.05) is 63.0 Å². The van der Waals surface area contributed by atoms with Crippen molar-refractivity contribution in [1.82, 2.24) is 14.8 Å². The lowest BCUT2D eigenvalue weighted by Crippen LogP contribution is -2.48. The molecule has 2 N–H and O–H groups in total. The molecule has 0 bridgehead atoms. The van der Waals surface area contributed by atoms with Gasteiger partial charge in [-0.1, -0.05) is 12.5 Å². The van der Waals surface area contributed by atoms with Gasteiger partial charge in [0.2, 0.25) is 5.91 Å². The average Bonchev–Trinajstić information content (AvgIpc) is 2.66. The highest BCUT2D eigenvalue weighted by atomic mass is 16.2. The first-order valence-electron chi connectivity index (χ1n) is 9.78. The van der Waals surface area contributed by atoms with Gasteiger partial charge in [-0.05, 0) is 44.2 Å². The fourth-order valence-corrected chi connectivity index (χ4v) is 4.27. The molecule has 5 nitrogen and oxygen atoms in total. The Balaban J connectivity index is 1.42. The Labute approximate surface area is 151 Å². The third-order valence-corrected chi connectivity index (χ3v) is 5.93. The Morgan fingerprint density at radius 2 is 2.08 bits per heavy atom. The molecule has 2 fully saturated rings. The van der Waals surface area contributed by atoms with Crippen LogP contribution < -0.4 is 5.73 Å². The minimum atomic E-state index is 0.149. The minimum absolute atomic E-state index is 0.149. The summed E-state index contributed by atoms with van der Waals surface area (Å²) in [5, 5.41) is 0. The maximum atomic E-state index is 12.8. The molecule has 3 rings (SSSR count). The van der Waals surface area contributed by atoms with Crippen LogP contribution in [0.2, 0.25) is 0 Å². The molecular formula is C20H32N4O. The van der Waals surface area contributed by atoms with Crippen molar-refractivity contribution in [3.8, 4) is 0 Å².